The Balaban J connectivity index is 0.000000620. The molecule has 0 atom stereocenters. The Hall–Kier alpha value is -1.54. The van der Waals surface area contributed by atoms with Crippen LogP contribution >= 0.6 is 0 Å². The Morgan fingerprint density at radius 2 is 0.618 bits per heavy atom. The summed E-state index contributed by atoms with van der Waals surface area (Å²) in [4.78, 5) is 0. The van der Waals surface area contributed by atoms with Crippen LogP contribution < -0.4 is 10.7 Å². The van der Waals surface area contributed by atoms with Gasteiger partial charge in [0.1, 0.15) is 0 Å². The third-order valence-corrected chi connectivity index (χ3v) is 15.1. The summed E-state index contributed by atoms with van der Waals surface area (Å²) in [6.45, 7) is 21.0. The molecule has 2 nitrogen and oxygen atoms in total. The van der Waals surface area contributed by atoms with E-state index in [0.717, 1.165) is 29.6 Å². The van der Waals surface area contributed by atoms with Crippen molar-refractivity contribution in [1.29, 1.82) is 0 Å². The Morgan fingerprint density at radius 3 is 0.794 bits per heavy atom. The predicted octanol–water partition coefficient (Wildman–Crippen LogP) is 5.31. The molecule has 1 saturated carbocycles. The second-order valence-corrected chi connectivity index (χ2v) is 15.9. The summed E-state index contributed by atoms with van der Waals surface area (Å²) in [7, 11) is 0. The molecule has 0 unspecified atom stereocenters. The molecule has 1 aliphatic carbocycles. The van der Waals surface area contributed by atoms with Crippen LogP contribution in [0.3, 0.4) is 0 Å². The molecular formula is C30H35FeO2Sn. The zero-order chi connectivity index (χ0) is 24.8. The first-order valence-electron chi connectivity index (χ1n) is 11.4. The van der Waals surface area contributed by atoms with E-state index in [-0.39, 0.29) is 17.1 Å². The summed E-state index contributed by atoms with van der Waals surface area (Å²) in [5, 5.41) is 0. The predicted molar refractivity (Wildman–Crippen MR) is 138 cm³/mol. The molecule has 1 aliphatic rings. The molecule has 0 saturated heterocycles. The molecule has 0 spiro atoms. The Morgan fingerprint density at radius 1 is 0.441 bits per heavy atom. The fraction of sp³-hybridized carbons (Fsp3) is 0.333. The maximum atomic E-state index is 7.50. The molecule has 0 aromatic heterocycles. The van der Waals surface area contributed by atoms with Crippen molar-refractivity contribution in [3.05, 3.63) is 104 Å². The van der Waals surface area contributed by atoms with Gasteiger partial charge in [-0.25, -0.2) is 0 Å². The second kappa shape index (κ2) is 17.8. The summed E-state index contributed by atoms with van der Waals surface area (Å²) in [6.07, 6.45) is 0. The Bertz CT molecular complexity index is 799. The topological polar surface area (TPSA) is 39.8 Å². The summed E-state index contributed by atoms with van der Waals surface area (Å²) < 4.78 is 19.6. The number of benzene rings is 3. The molecule has 0 heterocycles. The Kier molecular flexibility index (Phi) is 17.0. The third-order valence-electron chi connectivity index (χ3n) is 7.33. The van der Waals surface area contributed by atoms with E-state index in [1.807, 2.05) is 0 Å². The van der Waals surface area contributed by atoms with E-state index in [4.69, 9.17) is 9.30 Å². The molecule has 3 aromatic rings. The molecule has 0 amide bonds. The van der Waals surface area contributed by atoms with E-state index in [1.165, 1.54) is 10.7 Å². The fourth-order valence-electron chi connectivity index (χ4n) is 4.71. The molecule has 3 aromatic carbocycles. The molecule has 0 bridgehead atoms. The molecule has 0 N–H and O–H groups in total. The summed E-state index contributed by atoms with van der Waals surface area (Å²) in [5.74, 6) is 4.68. The van der Waals surface area contributed by atoms with E-state index in [0.29, 0.717) is 0 Å². The molecule has 0 aliphatic heterocycles. The van der Waals surface area contributed by atoms with Crippen molar-refractivity contribution >= 4 is 30.5 Å². The van der Waals surface area contributed by atoms with Crippen LogP contribution in [0.15, 0.2) is 91.0 Å². The zero-order valence-corrected chi connectivity index (χ0v) is 24.7. The van der Waals surface area contributed by atoms with Crippen LogP contribution in [0.5, 0.6) is 0 Å². The van der Waals surface area contributed by atoms with Gasteiger partial charge in [0.05, 0.1) is 0 Å². The maximum absolute atomic E-state index is 7.50. The van der Waals surface area contributed by atoms with Gasteiger partial charge < -0.3 is 0 Å². The fourth-order valence-corrected chi connectivity index (χ4v) is 12.1. The normalized spacial score (nSPS) is 22.4. The number of hydrogen-bond donors (Lipinski definition) is 0. The van der Waals surface area contributed by atoms with Crippen LogP contribution in [0.25, 0.3) is 0 Å². The van der Waals surface area contributed by atoms with Crippen LogP contribution in [0.1, 0.15) is 34.6 Å². The first-order valence-corrected chi connectivity index (χ1v) is 15.7. The van der Waals surface area contributed by atoms with Crippen LogP contribution in [-0.2, 0) is 26.4 Å². The first-order chi connectivity index (χ1) is 16.0. The SMILES string of the molecule is CC1C(C)C(C)C(C)C1C.[C-]#[O+].[C-]#[O+].[Fe].c1cc[c]([Sn]([c]2ccccc2)[c]2ccccc2)cc1. The minimum atomic E-state index is -1.98. The van der Waals surface area contributed by atoms with Gasteiger partial charge in [-0.3, -0.25) is 0 Å². The van der Waals surface area contributed by atoms with E-state index in [2.05, 4.69) is 139 Å². The third kappa shape index (κ3) is 8.91. The first kappa shape index (κ1) is 32.5. The average molecular weight is 602 g/mol. The van der Waals surface area contributed by atoms with Gasteiger partial charge >= 0.3 is 144 Å². The van der Waals surface area contributed by atoms with Crippen LogP contribution in [-0.4, -0.2) is 19.8 Å². The van der Waals surface area contributed by atoms with Gasteiger partial charge in [-0.2, -0.15) is 0 Å². The molecular weight excluding hydrogens is 567 g/mol. The van der Waals surface area contributed by atoms with E-state index in [1.54, 1.807) is 0 Å². The molecule has 4 heteroatoms. The standard InChI is InChI=1S/C10H20.3C6H5.2CO.Fe.Sn/c1-6-7(2)9(4)10(5)8(6)3;3*1-2-4-6-5-3-1;2*1-2;;/h6-10H,1-5H3;3*1-5H;;;;. The zero-order valence-electron chi connectivity index (χ0n) is 20.7. The van der Waals surface area contributed by atoms with Gasteiger partial charge in [-0.1, -0.05) is 34.6 Å². The summed E-state index contributed by atoms with van der Waals surface area (Å²) >= 11 is -1.98. The second-order valence-electron chi connectivity index (χ2n) is 8.77. The van der Waals surface area contributed by atoms with Crippen LogP contribution in [0, 0.1) is 42.9 Å². The van der Waals surface area contributed by atoms with Crippen LogP contribution in [0.4, 0.5) is 0 Å². The van der Waals surface area contributed by atoms with Gasteiger partial charge in [0.25, 0.3) is 0 Å². The van der Waals surface area contributed by atoms with Crippen molar-refractivity contribution in [2.24, 2.45) is 29.6 Å². The average Bonchev–Trinajstić information content (AvgIpc) is 3.06. The van der Waals surface area contributed by atoms with Gasteiger partial charge in [0.15, 0.2) is 0 Å². The summed E-state index contributed by atoms with van der Waals surface area (Å²) in [5.41, 5.74) is 0. The monoisotopic (exact) mass is 603 g/mol. The molecule has 34 heavy (non-hydrogen) atoms. The molecule has 1 radical (unpaired) electrons. The van der Waals surface area contributed by atoms with E-state index < -0.39 is 19.8 Å². The number of hydrogen-bond acceptors (Lipinski definition) is 0. The van der Waals surface area contributed by atoms with Crippen molar-refractivity contribution in [2.45, 2.75) is 34.6 Å². The van der Waals surface area contributed by atoms with E-state index in [9.17, 15) is 0 Å². The van der Waals surface area contributed by atoms with E-state index >= 15 is 0 Å². The summed E-state index contributed by atoms with van der Waals surface area (Å²) in [6, 6.07) is 32.9. The Labute approximate surface area is 224 Å². The van der Waals surface area contributed by atoms with Crippen LogP contribution in [0.2, 0.25) is 0 Å². The molecule has 4 rings (SSSR count). The quantitative estimate of drug-likeness (QED) is 0.222. The van der Waals surface area contributed by atoms with Crippen molar-refractivity contribution in [3.8, 4) is 0 Å². The van der Waals surface area contributed by atoms with Crippen molar-refractivity contribution in [2.75, 3.05) is 0 Å². The number of rotatable bonds is 3. The van der Waals surface area contributed by atoms with Gasteiger partial charge in [-0.15, -0.1) is 0 Å². The molecule has 1 fully saturated rings. The van der Waals surface area contributed by atoms with Gasteiger partial charge in [0.2, 0.25) is 0 Å². The minimum absolute atomic E-state index is 0. The van der Waals surface area contributed by atoms with Gasteiger partial charge in [-0.05, 0) is 29.6 Å². The van der Waals surface area contributed by atoms with Crippen molar-refractivity contribution in [1.82, 2.24) is 0 Å². The van der Waals surface area contributed by atoms with Crippen molar-refractivity contribution in [3.63, 3.8) is 0 Å². The van der Waals surface area contributed by atoms with Gasteiger partial charge in [0, 0.05) is 17.1 Å². The van der Waals surface area contributed by atoms with Crippen molar-refractivity contribution < 1.29 is 26.4 Å². The molecule has 179 valence electrons.